The number of ether oxygens (including phenoxy) is 1. The first-order valence-corrected chi connectivity index (χ1v) is 5.57. The summed E-state index contributed by atoms with van der Waals surface area (Å²) in [5.74, 6) is 0.674. The Hall–Kier alpha value is -1.69. The molecule has 0 aliphatic carbocycles. The van der Waals surface area contributed by atoms with Gasteiger partial charge in [0.05, 0.1) is 10.2 Å². The molecule has 88 valence electrons. The number of anilines is 1. The first-order chi connectivity index (χ1) is 8.06. The molecule has 1 aromatic carbocycles. The molecule has 2 N–H and O–H groups in total. The van der Waals surface area contributed by atoms with Crippen LogP contribution in [0.5, 0.6) is 11.6 Å². The number of nitrogens with two attached hydrogens (primary N) is 1. The summed E-state index contributed by atoms with van der Waals surface area (Å²) in [5, 5.41) is 0. The van der Waals surface area contributed by atoms with Crippen LogP contribution in [0.15, 0.2) is 28.9 Å². The molecule has 0 spiro atoms. The van der Waals surface area contributed by atoms with Gasteiger partial charge in [0.2, 0.25) is 5.88 Å². The highest BCUT2D eigenvalue weighted by atomic mass is 79.9. The van der Waals surface area contributed by atoms with E-state index in [-0.39, 0.29) is 5.75 Å². The fraction of sp³-hybridized carbons (Fsp3) is 0.0909. The molecule has 17 heavy (non-hydrogen) atoms. The van der Waals surface area contributed by atoms with E-state index in [0.29, 0.717) is 21.9 Å². The van der Waals surface area contributed by atoms with Crippen molar-refractivity contribution < 1.29 is 9.13 Å². The quantitative estimate of drug-likeness (QED) is 0.866. The van der Waals surface area contributed by atoms with Gasteiger partial charge in [0, 0.05) is 18.3 Å². The normalized spacial score (nSPS) is 10.3. The van der Waals surface area contributed by atoms with Crippen LogP contribution in [0.4, 0.5) is 10.1 Å². The topological polar surface area (TPSA) is 61.0 Å². The molecule has 1 heterocycles. The van der Waals surface area contributed by atoms with Crippen LogP contribution in [0.25, 0.3) is 0 Å². The molecule has 0 radical (unpaired) electrons. The third-order valence-corrected chi connectivity index (χ3v) is 2.63. The van der Waals surface area contributed by atoms with Crippen LogP contribution in [0.3, 0.4) is 0 Å². The summed E-state index contributed by atoms with van der Waals surface area (Å²) in [6, 6.07) is 4.22. The van der Waals surface area contributed by atoms with Crippen LogP contribution in [-0.4, -0.2) is 9.97 Å². The Morgan fingerprint density at radius 3 is 2.88 bits per heavy atom. The Kier molecular flexibility index (Phi) is 3.23. The number of rotatable bonds is 2. The summed E-state index contributed by atoms with van der Waals surface area (Å²) >= 11 is 3.04. The lowest BCUT2D eigenvalue weighted by atomic mass is 10.3. The van der Waals surface area contributed by atoms with Crippen molar-refractivity contribution in [3.8, 4) is 11.6 Å². The molecule has 0 bridgehead atoms. The molecular weight excluding hydrogens is 289 g/mol. The zero-order valence-corrected chi connectivity index (χ0v) is 10.5. The van der Waals surface area contributed by atoms with E-state index in [2.05, 4.69) is 25.9 Å². The minimum Gasteiger partial charge on any atom is -0.437 e. The van der Waals surface area contributed by atoms with E-state index in [0.717, 1.165) is 0 Å². The van der Waals surface area contributed by atoms with Gasteiger partial charge < -0.3 is 10.5 Å². The second-order valence-electron chi connectivity index (χ2n) is 3.35. The van der Waals surface area contributed by atoms with Gasteiger partial charge >= 0.3 is 0 Å². The molecule has 0 aliphatic rings. The Bertz CT molecular complexity index is 562. The monoisotopic (exact) mass is 297 g/mol. The first kappa shape index (κ1) is 11.8. The largest absolute Gasteiger partial charge is 0.437 e. The van der Waals surface area contributed by atoms with E-state index in [1.54, 1.807) is 19.2 Å². The van der Waals surface area contributed by atoms with Crippen LogP contribution >= 0.6 is 15.9 Å². The average molecular weight is 298 g/mol. The average Bonchev–Trinajstić information content (AvgIpc) is 2.26. The number of aromatic nitrogens is 2. The second kappa shape index (κ2) is 4.67. The van der Waals surface area contributed by atoms with Crippen molar-refractivity contribution >= 4 is 21.6 Å². The SMILES string of the molecule is Cc1nccc(Oc2cc(F)c(Br)cc2N)n1. The van der Waals surface area contributed by atoms with Crippen molar-refractivity contribution in [2.75, 3.05) is 5.73 Å². The predicted molar refractivity (Wildman–Crippen MR) is 65.4 cm³/mol. The second-order valence-corrected chi connectivity index (χ2v) is 4.20. The van der Waals surface area contributed by atoms with E-state index >= 15 is 0 Å². The fourth-order valence-corrected chi connectivity index (χ4v) is 1.60. The highest BCUT2D eigenvalue weighted by molar-refractivity contribution is 9.10. The molecular formula is C11H9BrFN3O. The van der Waals surface area contributed by atoms with E-state index in [1.807, 2.05) is 0 Å². The van der Waals surface area contributed by atoms with Crippen LogP contribution in [0, 0.1) is 12.7 Å². The van der Waals surface area contributed by atoms with Crippen molar-refractivity contribution in [1.82, 2.24) is 9.97 Å². The Balaban J connectivity index is 2.33. The highest BCUT2D eigenvalue weighted by Crippen LogP contribution is 2.31. The number of hydrogen-bond acceptors (Lipinski definition) is 4. The van der Waals surface area contributed by atoms with Gasteiger partial charge in [0.1, 0.15) is 11.6 Å². The summed E-state index contributed by atoms with van der Waals surface area (Å²) in [6.45, 7) is 1.73. The minimum atomic E-state index is -0.444. The number of hydrogen-bond donors (Lipinski definition) is 1. The van der Waals surface area contributed by atoms with Crippen molar-refractivity contribution in [3.05, 3.63) is 40.5 Å². The van der Waals surface area contributed by atoms with Gasteiger partial charge in [-0.05, 0) is 28.9 Å². The molecule has 1 aromatic heterocycles. The number of aryl methyl sites for hydroxylation is 1. The zero-order valence-electron chi connectivity index (χ0n) is 8.95. The van der Waals surface area contributed by atoms with Gasteiger partial charge in [-0.3, -0.25) is 0 Å². The number of benzene rings is 1. The van der Waals surface area contributed by atoms with Gasteiger partial charge in [-0.2, -0.15) is 4.98 Å². The third-order valence-electron chi connectivity index (χ3n) is 2.02. The lowest BCUT2D eigenvalue weighted by Crippen LogP contribution is -1.96. The third kappa shape index (κ3) is 2.71. The Morgan fingerprint density at radius 2 is 2.18 bits per heavy atom. The molecule has 0 saturated heterocycles. The first-order valence-electron chi connectivity index (χ1n) is 4.78. The smallest absolute Gasteiger partial charge is 0.222 e. The maximum atomic E-state index is 13.3. The summed E-state index contributed by atoms with van der Waals surface area (Å²) in [5.41, 5.74) is 6.04. The van der Waals surface area contributed by atoms with Gasteiger partial charge in [0.15, 0.2) is 5.75 Å². The molecule has 0 aliphatic heterocycles. The summed E-state index contributed by atoms with van der Waals surface area (Å²) < 4.78 is 19.0. The maximum absolute atomic E-state index is 13.3. The van der Waals surface area contributed by atoms with E-state index in [1.165, 1.54) is 12.1 Å². The van der Waals surface area contributed by atoms with Crippen LogP contribution in [0.1, 0.15) is 5.82 Å². The van der Waals surface area contributed by atoms with E-state index in [4.69, 9.17) is 10.5 Å². The van der Waals surface area contributed by atoms with Crippen molar-refractivity contribution in [3.63, 3.8) is 0 Å². The summed E-state index contributed by atoms with van der Waals surface area (Å²) in [4.78, 5) is 7.97. The summed E-state index contributed by atoms with van der Waals surface area (Å²) in [7, 11) is 0. The molecule has 0 fully saturated rings. The fourth-order valence-electron chi connectivity index (χ4n) is 1.24. The van der Waals surface area contributed by atoms with Crippen molar-refractivity contribution in [2.24, 2.45) is 0 Å². The van der Waals surface area contributed by atoms with Crippen molar-refractivity contribution in [2.45, 2.75) is 6.92 Å². The molecule has 2 aromatic rings. The lowest BCUT2D eigenvalue weighted by molar-refractivity contribution is 0.457. The zero-order chi connectivity index (χ0) is 12.4. The van der Waals surface area contributed by atoms with Gasteiger partial charge in [-0.15, -0.1) is 0 Å². The van der Waals surface area contributed by atoms with Gasteiger partial charge in [-0.25, -0.2) is 9.37 Å². The lowest BCUT2D eigenvalue weighted by Gasteiger charge is -2.08. The van der Waals surface area contributed by atoms with Crippen LogP contribution in [-0.2, 0) is 0 Å². The van der Waals surface area contributed by atoms with E-state index < -0.39 is 5.82 Å². The molecule has 0 saturated carbocycles. The number of halogens is 2. The summed E-state index contributed by atoms with van der Waals surface area (Å²) in [6.07, 6.45) is 1.56. The molecule has 0 unspecified atom stereocenters. The van der Waals surface area contributed by atoms with Gasteiger partial charge in [-0.1, -0.05) is 0 Å². The standard InChI is InChI=1S/C11H9BrFN3O/c1-6-15-3-2-11(16-6)17-10-5-8(13)7(12)4-9(10)14/h2-5H,14H2,1H3. The molecule has 2 rings (SSSR count). The number of nitrogen functional groups attached to an aromatic ring is 1. The Morgan fingerprint density at radius 1 is 1.41 bits per heavy atom. The molecule has 4 nitrogen and oxygen atoms in total. The predicted octanol–water partition coefficient (Wildman–Crippen LogP) is 3.06. The minimum absolute atomic E-state index is 0.226. The maximum Gasteiger partial charge on any atom is 0.222 e. The van der Waals surface area contributed by atoms with Crippen molar-refractivity contribution in [1.29, 1.82) is 0 Å². The molecule has 0 atom stereocenters. The Labute approximate surface area is 106 Å². The molecule has 6 heteroatoms. The van der Waals surface area contributed by atoms with Gasteiger partial charge in [0.25, 0.3) is 0 Å². The molecule has 0 amide bonds. The van der Waals surface area contributed by atoms with Crippen LogP contribution in [0.2, 0.25) is 0 Å². The highest BCUT2D eigenvalue weighted by Gasteiger charge is 2.08. The number of nitrogens with zero attached hydrogens (tertiary/aromatic N) is 2. The van der Waals surface area contributed by atoms with E-state index in [9.17, 15) is 4.39 Å². The van der Waals surface area contributed by atoms with Crippen LogP contribution < -0.4 is 10.5 Å².